The van der Waals surface area contributed by atoms with E-state index in [-0.39, 0.29) is 5.92 Å². The van der Waals surface area contributed by atoms with Gasteiger partial charge in [0.05, 0.1) is 6.26 Å². The van der Waals surface area contributed by atoms with Gasteiger partial charge in [0.25, 0.3) is 0 Å². The average Bonchev–Trinajstić information content (AvgIpc) is 1.85. The molecule has 0 spiro atoms. The molecule has 0 unspecified atom stereocenters. The minimum Gasteiger partial charge on any atom is -0.330 e. The van der Waals surface area contributed by atoms with Gasteiger partial charge in [-0.25, -0.2) is 12.7 Å². The van der Waals surface area contributed by atoms with Gasteiger partial charge in [-0.3, -0.25) is 0 Å². The fourth-order valence-corrected chi connectivity index (χ4v) is 1.17. The molecular weight excluding hydrogens is 164 g/mol. The highest BCUT2D eigenvalue weighted by atomic mass is 32.2. The quantitative estimate of drug-likeness (QED) is 0.632. The first-order chi connectivity index (χ1) is 4.88. The smallest absolute Gasteiger partial charge is 0.210 e. The van der Waals surface area contributed by atoms with E-state index >= 15 is 0 Å². The summed E-state index contributed by atoms with van der Waals surface area (Å²) in [6.45, 7) is 2.93. The molecule has 0 radical (unpaired) electrons. The lowest BCUT2D eigenvalue weighted by Gasteiger charge is -2.17. The third-order valence-electron chi connectivity index (χ3n) is 1.54. The molecule has 0 saturated carbocycles. The Bertz CT molecular complexity index is 201. The molecule has 2 N–H and O–H groups in total. The lowest BCUT2D eigenvalue weighted by molar-refractivity contribution is 0.408. The molecule has 0 aliphatic carbocycles. The van der Waals surface area contributed by atoms with E-state index in [0.29, 0.717) is 13.1 Å². The van der Waals surface area contributed by atoms with Gasteiger partial charge in [0, 0.05) is 13.6 Å². The van der Waals surface area contributed by atoms with Crippen LogP contribution in [-0.4, -0.2) is 39.1 Å². The zero-order chi connectivity index (χ0) is 9.07. The summed E-state index contributed by atoms with van der Waals surface area (Å²) < 4.78 is 23.0. The second-order valence-electron chi connectivity index (χ2n) is 2.88. The molecule has 0 aliphatic heterocycles. The van der Waals surface area contributed by atoms with Gasteiger partial charge in [0.2, 0.25) is 10.0 Å². The number of nitrogens with zero attached hydrogens (tertiary/aromatic N) is 1. The monoisotopic (exact) mass is 180 g/mol. The topological polar surface area (TPSA) is 63.4 Å². The number of hydrogen-bond acceptors (Lipinski definition) is 3. The van der Waals surface area contributed by atoms with Crippen molar-refractivity contribution in [3.63, 3.8) is 0 Å². The Morgan fingerprint density at radius 2 is 2.00 bits per heavy atom. The van der Waals surface area contributed by atoms with Crippen LogP contribution in [0.1, 0.15) is 6.92 Å². The van der Waals surface area contributed by atoms with Gasteiger partial charge in [-0.2, -0.15) is 0 Å². The molecule has 0 aromatic heterocycles. The number of nitrogens with two attached hydrogens (primary N) is 1. The molecule has 0 aromatic rings. The van der Waals surface area contributed by atoms with Crippen LogP contribution in [0.15, 0.2) is 0 Å². The molecule has 0 fully saturated rings. The van der Waals surface area contributed by atoms with Crippen molar-refractivity contribution < 1.29 is 8.42 Å². The predicted molar refractivity (Wildman–Crippen MR) is 45.7 cm³/mol. The summed E-state index contributed by atoms with van der Waals surface area (Å²) in [6.07, 6.45) is 1.19. The molecule has 11 heavy (non-hydrogen) atoms. The molecule has 0 heterocycles. The zero-order valence-corrected chi connectivity index (χ0v) is 8.06. The lowest BCUT2D eigenvalue weighted by atomic mass is 10.2. The van der Waals surface area contributed by atoms with Crippen LogP contribution in [0.3, 0.4) is 0 Å². The minimum atomic E-state index is -3.03. The van der Waals surface area contributed by atoms with E-state index in [1.807, 2.05) is 6.92 Å². The van der Waals surface area contributed by atoms with Crippen LogP contribution in [0.4, 0.5) is 0 Å². The summed E-state index contributed by atoms with van der Waals surface area (Å²) in [5.74, 6) is 0.217. The van der Waals surface area contributed by atoms with Gasteiger partial charge in [0.15, 0.2) is 0 Å². The van der Waals surface area contributed by atoms with E-state index in [1.54, 1.807) is 7.05 Å². The molecule has 0 saturated heterocycles. The van der Waals surface area contributed by atoms with E-state index in [1.165, 1.54) is 10.6 Å². The van der Waals surface area contributed by atoms with E-state index in [4.69, 9.17) is 5.73 Å². The molecule has 1 atom stereocenters. The SMILES string of the molecule is C[C@H](CN)CN(C)S(C)(=O)=O. The first kappa shape index (κ1) is 10.9. The highest BCUT2D eigenvalue weighted by molar-refractivity contribution is 7.88. The van der Waals surface area contributed by atoms with E-state index < -0.39 is 10.0 Å². The third kappa shape index (κ3) is 4.34. The number of sulfonamides is 1. The van der Waals surface area contributed by atoms with Gasteiger partial charge in [0.1, 0.15) is 0 Å². The molecule has 0 aromatic carbocycles. The third-order valence-corrected chi connectivity index (χ3v) is 2.82. The first-order valence-electron chi connectivity index (χ1n) is 3.49. The van der Waals surface area contributed by atoms with Crippen LogP contribution in [0.25, 0.3) is 0 Å². The van der Waals surface area contributed by atoms with Gasteiger partial charge >= 0.3 is 0 Å². The summed E-state index contributed by atoms with van der Waals surface area (Å²) in [6, 6.07) is 0. The highest BCUT2D eigenvalue weighted by Gasteiger charge is 2.12. The van der Waals surface area contributed by atoms with Crippen molar-refractivity contribution in [3.8, 4) is 0 Å². The Morgan fingerprint density at radius 3 is 2.27 bits per heavy atom. The van der Waals surface area contributed by atoms with Crippen molar-refractivity contribution >= 4 is 10.0 Å². The zero-order valence-electron chi connectivity index (χ0n) is 7.24. The minimum absolute atomic E-state index is 0.217. The maximum Gasteiger partial charge on any atom is 0.210 e. The fourth-order valence-electron chi connectivity index (χ4n) is 0.649. The van der Waals surface area contributed by atoms with Crippen molar-refractivity contribution in [2.24, 2.45) is 11.7 Å². The maximum absolute atomic E-state index is 10.9. The van der Waals surface area contributed by atoms with E-state index in [0.717, 1.165) is 0 Å². The maximum atomic E-state index is 10.9. The average molecular weight is 180 g/mol. The molecule has 0 bridgehead atoms. The summed E-state index contributed by atoms with van der Waals surface area (Å²) in [7, 11) is -1.47. The van der Waals surface area contributed by atoms with Crippen LogP contribution < -0.4 is 5.73 Å². The van der Waals surface area contributed by atoms with Crippen molar-refractivity contribution in [1.29, 1.82) is 0 Å². The van der Waals surface area contributed by atoms with E-state index in [9.17, 15) is 8.42 Å². The van der Waals surface area contributed by atoms with Gasteiger partial charge in [-0.05, 0) is 12.5 Å². The number of hydrogen-bond donors (Lipinski definition) is 1. The van der Waals surface area contributed by atoms with Crippen molar-refractivity contribution in [3.05, 3.63) is 0 Å². The van der Waals surface area contributed by atoms with Crippen LogP contribution in [-0.2, 0) is 10.0 Å². The Labute approximate surface area is 68.4 Å². The van der Waals surface area contributed by atoms with Crippen LogP contribution >= 0.6 is 0 Å². The second-order valence-corrected chi connectivity index (χ2v) is 4.97. The van der Waals surface area contributed by atoms with Gasteiger partial charge in [-0.15, -0.1) is 0 Å². The lowest BCUT2D eigenvalue weighted by Crippen LogP contribution is -2.32. The summed E-state index contributed by atoms with van der Waals surface area (Å²) >= 11 is 0. The summed E-state index contributed by atoms with van der Waals surface area (Å²) in [5.41, 5.74) is 5.34. The fraction of sp³-hybridized carbons (Fsp3) is 1.00. The van der Waals surface area contributed by atoms with Crippen LogP contribution in [0.5, 0.6) is 0 Å². The van der Waals surface area contributed by atoms with Crippen molar-refractivity contribution in [2.45, 2.75) is 6.92 Å². The van der Waals surface area contributed by atoms with Crippen molar-refractivity contribution in [1.82, 2.24) is 4.31 Å². The van der Waals surface area contributed by atoms with Crippen LogP contribution in [0, 0.1) is 5.92 Å². The number of rotatable bonds is 4. The normalized spacial score (nSPS) is 15.4. The Morgan fingerprint density at radius 1 is 1.55 bits per heavy atom. The summed E-state index contributed by atoms with van der Waals surface area (Å²) in [5, 5.41) is 0. The first-order valence-corrected chi connectivity index (χ1v) is 5.34. The molecular formula is C6H16N2O2S. The molecule has 68 valence electrons. The Kier molecular flexibility index (Phi) is 3.99. The molecule has 0 amide bonds. The van der Waals surface area contributed by atoms with Crippen LogP contribution in [0.2, 0.25) is 0 Å². The Hall–Kier alpha value is -0.130. The largest absolute Gasteiger partial charge is 0.330 e. The molecule has 0 aliphatic rings. The van der Waals surface area contributed by atoms with Gasteiger partial charge in [-0.1, -0.05) is 6.92 Å². The standard InChI is InChI=1S/C6H16N2O2S/c1-6(4-7)5-8(2)11(3,9)10/h6H,4-5,7H2,1-3H3/t6-/m1/s1. The molecule has 5 heteroatoms. The molecule has 0 rings (SSSR count). The highest BCUT2D eigenvalue weighted by Crippen LogP contribution is 1.99. The van der Waals surface area contributed by atoms with E-state index in [2.05, 4.69) is 0 Å². The Balaban J connectivity index is 3.98. The molecule has 4 nitrogen and oxygen atoms in total. The van der Waals surface area contributed by atoms with Crippen molar-refractivity contribution in [2.75, 3.05) is 26.4 Å². The second kappa shape index (κ2) is 4.04. The predicted octanol–water partition coefficient (Wildman–Crippen LogP) is -0.527. The van der Waals surface area contributed by atoms with Gasteiger partial charge < -0.3 is 5.73 Å². The summed E-state index contributed by atoms with van der Waals surface area (Å²) in [4.78, 5) is 0.